The summed E-state index contributed by atoms with van der Waals surface area (Å²) in [6, 6.07) is 15.9. The van der Waals surface area contributed by atoms with Gasteiger partial charge in [-0.2, -0.15) is 0 Å². The summed E-state index contributed by atoms with van der Waals surface area (Å²) in [5.41, 5.74) is 2.28. The number of rotatable bonds is 6. The van der Waals surface area contributed by atoms with Crippen LogP contribution in [0.5, 0.6) is 5.75 Å². The van der Waals surface area contributed by atoms with Gasteiger partial charge < -0.3 is 10.1 Å². The van der Waals surface area contributed by atoms with E-state index < -0.39 is 0 Å². The average Bonchev–Trinajstić information content (AvgIpc) is 2.53. The first-order valence-electron chi connectivity index (χ1n) is 6.76. The molecule has 0 radical (unpaired) electrons. The Morgan fingerprint density at radius 3 is 2.38 bits per heavy atom. The Hall–Kier alpha value is -1.94. The maximum absolute atomic E-state index is 11.8. The van der Waals surface area contributed by atoms with Crippen molar-refractivity contribution in [1.29, 1.82) is 0 Å². The van der Waals surface area contributed by atoms with Crippen molar-refractivity contribution in [2.45, 2.75) is 18.4 Å². The number of aryl methyl sites for hydroxylation is 1. The third-order valence-corrected chi connectivity index (χ3v) is 4.05. The van der Waals surface area contributed by atoms with Gasteiger partial charge in [0.1, 0.15) is 5.75 Å². The second kappa shape index (κ2) is 7.74. The molecule has 0 saturated heterocycles. The summed E-state index contributed by atoms with van der Waals surface area (Å²) < 4.78 is 5.10. The zero-order valence-corrected chi connectivity index (χ0v) is 13.1. The number of methoxy groups -OCH3 is 1. The Balaban J connectivity index is 1.75. The zero-order chi connectivity index (χ0) is 15.1. The second-order valence-electron chi connectivity index (χ2n) is 4.73. The molecule has 1 N–H and O–H groups in total. The van der Waals surface area contributed by atoms with Gasteiger partial charge in [-0.1, -0.05) is 29.8 Å². The van der Waals surface area contributed by atoms with Crippen LogP contribution in [0.1, 0.15) is 11.1 Å². The van der Waals surface area contributed by atoms with Crippen LogP contribution in [0.25, 0.3) is 0 Å². The normalized spacial score (nSPS) is 10.2. The maximum atomic E-state index is 11.8. The maximum Gasteiger partial charge on any atom is 0.230 e. The van der Waals surface area contributed by atoms with Crippen molar-refractivity contribution in [3.63, 3.8) is 0 Å². The van der Waals surface area contributed by atoms with E-state index in [1.54, 1.807) is 18.9 Å². The van der Waals surface area contributed by atoms with E-state index in [1.807, 2.05) is 36.4 Å². The molecule has 0 spiro atoms. The molecule has 0 bridgehead atoms. The van der Waals surface area contributed by atoms with Gasteiger partial charge >= 0.3 is 0 Å². The van der Waals surface area contributed by atoms with Crippen LogP contribution in [0, 0.1) is 6.92 Å². The molecule has 2 aromatic carbocycles. The fourth-order valence-electron chi connectivity index (χ4n) is 1.78. The molecule has 2 aromatic rings. The van der Waals surface area contributed by atoms with Crippen LogP contribution >= 0.6 is 11.8 Å². The Bertz CT molecular complexity index is 579. The number of carbonyl (C=O) groups excluding carboxylic acids is 1. The summed E-state index contributed by atoms with van der Waals surface area (Å²) in [6.45, 7) is 2.59. The second-order valence-corrected chi connectivity index (χ2v) is 5.78. The number of carbonyl (C=O) groups is 1. The summed E-state index contributed by atoms with van der Waals surface area (Å²) >= 11 is 1.55. The first-order chi connectivity index (χ1) is 10.2. The highest BCUT2D eigenvalue weighted by atomic mass is 32.2. The summed E-state index contributed by atoms with van der Waals surface area (Å²) in [5.74, 6) is 1.29. The van der Waals surface area contributed by atoms with E-state index in [-0.39, 0.29) is 5.91 Å². The van der Waals surface area contributed by atoms with Gasteiger partial charge in [0.05, 0.1) is 12.9 Å². The number of hydrogen-bond donors (Lipinski definition) is 1. The van der Waals surface area contributed by atoms with Gasteiger partial charge in [0, 0.05) is 11.4 Å². The third kappa shape index (κ3) is 5.16. The van der Waals surface area contributed by atoms with E-state index in [1.165, 1.54) is 5.56 Å². The molecular weight excluding hydrogens is 282 g/mol. The highest BCUT2D eigenvalue weighted by molar-refractivity contribution is 8.00. The molecule has 0 heterocycles. The molecule has 4 heteroatoms. The van der Waals surface area contributed by atoms with Crippen LogP contribution in [0.3, 0.4) is 0 Å². The van der Waals surface area contributed by atoms with Crippen molar-refractivity contribution in [3.05, 3.63) is 59.7 Å². The Kier molecular flexibility index (Phi) is 5.69. The van der Waals surface area contributed by atoms with Gasteiger partial charge in [-0.3, -0.25) is 4.79 Å². The lowest BCUT2D eigenvalue weighted by atomic mass is 10.2. The number of benzene rings is 2. The summed E-state index contributed by atoms with van der Waals surface area (Å²) in [6.07, 6.45) is 0. The monoisotopic (exact) mass is 301 g/mol. The molecule has 110 valence electrons. The molecule has 0 aliphatic heterocycles. The van der Waals surface area contributed by atoms with Crippen molar-refractivity contribution < 1.29 is 9.53 Å². The Morgan fingerprint density at radius 2 is 1.76 bits per heavy atom. The molecule has 1 amide bonds. The van der Waals surface area contributed by atoms with Crippen molar-refractivity contribution in [2.24, 2.45) is 0 Å². The van der Waals surface area contributed by atoms with Crippen LogP contribution in [-0.2, 0) is 11.3 Å². The molecule has 21 heavy (non-hydrogen) atoms. The van der Waals surface area contributed by atoms with E-state index in [0.717, 1.165) is 16.2 Å². The molecule has 0 saturated carbocycles. The van der Waals surface area contributed by atoms with Crippen LogP contribution in [-0.4, -0.2) is 18.8 Å². The number of amides is 1. The Labute approximate surface area is 129 Å². The predicted molar refractivity (Wildman–Crippen MR) is 86.7 cm³/mol. The minimum atomic E-state index is 0.0383. The molecule has 0 aliphatic rings. The van der Waals surface area contributed by atoms with Crippen molar-refractivity contribution in [2.75, 3.05) is 12.9 Å². The van der Waals surface area contributed by atoms with Crippen molar-refractivity contribution >= 4 is 17.7 Å². The topological polar surface area (TPSA) is 38.3 Å². The van der Waals surface area contributed by atoms with Crippen LogP contribution in [0.4, 0.5) is 0 Å². The molecule has 0 fully saturated rings. The SMILES string of the molecule is COc1ccc(CNC(=O)CSc2ccc(C)cc2)cc1. The van der Waals surface area contributed by atoms with E-state index >= 15 is 0 Å². The first-order valence-corrected chi connectivity index (χ1v) is 7.75. The van der Waals surface area contributed by atoms with Crippen LogP contribution in [0.15, 0.2) is 53.4 Å². The third-order valence-electron chi connectivity index (χ3n) is 3.04. The highest BCUT2D eigenvalue weighted by Gasteiger charge is 2.03. The first kappa shape index (κ1) is 15.4. The van der Waals surface area contributed by atoms with Crippen LogP contribution in [0.2, 0.25) is 0 Å². The molecule has 2 rings (SSSR count). The summed E-state index contributed by atoms with van der Waals surface area (Å²) in [5, 5.41) is 2.92. The minimum Gasteiger partial charge on any atom is -0.497 e. The van der Waals surface area contributed by atoms with E-state index in [2.05, 4.69) is 24.4 Å². The van der Waals surface area contributed by atoms with E-state index in [9.17, 15) is 4.79 Å². The van der Waals surface area contributed by atoms with E-state index in [0.29, 0.717) is 12.3 Å². The summed E-state index contributed by atoms with van der Waals surface area (Å²) in [4.78, 5) is 12.9. The quantitative estimate of drug-likeness (QED) is 0.831. The van der Waals surface area contributed by atoms with Gasteiger partial charge in [0.15, 0.2) is 0 Å². The fourth-order valence-corrected chi connectivity index (χ4v) is 2.51. The van der Waals surface area contributed by atoms with Gasteiger partial charge in [-0.15, -0.1) is 11.8 Å². The zero-order valence-electron chi connectivity index (χ0n) is 12.3. The molecule has 3 nitrogen and oxygen atoms in total. The molecule has 0 aliphatic carbocycles. The standard InChI is InChI=1S/C17H19NO2S/c1-13-3-9-16(10-4-13)21-12-17(19)18-11-14-5-7-15(20-2)8-6-14/h3-10H,11-12H2,1-2H3,(H,18,19). The number of hydrogen-bond acceptors (Lipinski definition) is 3. The largest absolute Gasteiger partial charge is 0.497 e. The molecule has 0 unspecified atom stereocenters. The van der Waals surface area contributed by atoms with Gasteiger partial charge in [-0.05, 0) is 36.8 Å². The lowest BCUT2D eigenvalue weighted by Crippen LogP contribution is -2.24. The van der Waals surface area contributed by atoms with Crippen molar-refractivity contribution in [1.82, 2.24) is 5.32 Å². The Morgan fingerprint density at radius 1 is 1.10 bits per heavy atom. The van der Waals surface area contributed by atoms with Gasteiger partial charge in [-0.25, -0.2) is 0 Å². The van der Waals surface area contributed by atoms with Crippen LogP contribution < -0.4 is 10.1 Å². The highest BCUT2D eigenvalue weighted by Crippen LogP contribution is 2.18. The van der Waals surface area contributed by atoms with Gasteiger partial charge in [0.25, 0.3) is 0 Å². The van der Waals surface area contributed by atoms with E-state index in [4.69, 9.17) is 4.74 Å². The smallest absolute Gasteiger partial charge is 0.230 e. The lowest BCUT2D eigenvalue weighted by molar-refractivity contribution is -0.118. The average molecular weight is 301 g/mol. The molecule has 0 aromatic heterocycles. The summed E-state index contributed by atoms with van der Waals surface area (Å²) in [7, 11) is 1.64. The number of nitrogens with one attached hydrogen (secondary N) is 1. The van der Waals surface area contributed by atoms with Crippen molar-refractivity contribution in [3.8, 4) is 5.75 Å². The number of ether oxygens (including phenoxy) is 1. The fraction of sp³-hybridized carbons (Fsp3) is 0.235. The van der Waals surface area contributed by atoms with Gasteiger partial charge in [0.2, 0.25) is 5.91 Å². The molecule has 0 atom stereocenters. The minimum absolute atomic E-state index is 0.0383. The lowest BCUT2D eigenvalue weighted by Gasteiger charge is -2.06. The predicted octanol–water partition coefficient (Wildman–Crippen LogP) is 3.41. The number of thioether (sulfide) groups is 1. The molecular formula is C17H19NO2S.